The van der Waals surface area contributed by atoms with E-state index in [1.165, 1.54) is 11.1 Å². The lowest BCUT2D eigenvalue weighted by Crippen LogP contribution is -2.38. The predicted octanol–water partition coefficient (Wildman–Crippen LogP) is 5.42. The smallest absolute Gasteiger partial charge is 0.257 e. The molecule has 1 saturated heterocycles. The van der Waals surface area contributed by atoms with Gasteiger partial charge in [-0.15, -0.1) is 11.3 Å². The van der Waals surface area contributed by atoms with Crippen LogP contribution < -0.4 is 5.32 Å². The molecule has 0 atom stereocenters. The fourth-order valence-electron chi connectivity index (χ4n) is 3.88. The van der Waals surface area contributed by atoms with Gasteiger partial charge in [-0.3, -0.25) is 9.69 Å². The van der Waals surface area contributed by atoms with E-state index in [-0.39, 0.29) is 5.91 Å². The summed E-state index contributed by atoms with van der Waals surface area (Å²) in [4.78, 5) is 16.3. The molecule has 0 saturated carbocycles. The van der Waals surface area contributed by atoms with Gasteiger partial charge in [0.05, 0.1) is 8.66 Å². The molecule has 3 aromatic rings. The third-order valence-electron chi connectivity index (χ3n) is 5.68. The Morgan fingerprint density at radius 1 is 1.20 bits per heavy atom. The summed E-state index contributed by atoms with van der Waals surface area (Å²) >= 11 is 5.01. The Hall–Kier alpha value is -1.96. The maximum absolute atomic E-state index is 12.9. The number of likely N-dealkylation sites (tertiary alicyclic amines) is 1. The highest BCUT2D eigenvalue weighted by Gasteiger charge is 2.24. The van der Waals surface area contributed by atoms with Crippen LogP contribution in [0.1, 0.15) is 40.1 Å². The average Bonchev–Trinajstić information content (AvgIpc) is 3.34. The Morgan fingerprint density at radius 2 is 1.93 bits per heavy atom. The molecule has 1 aromatic carbocycles. The van der Waals surface area contributed by atoms with Crippen LogP contribution in [0.5, 0.6) is 0 Å². The molecular formula is C23H26BrN3O2S. The van der Waals surface area contributed by atoms with Gasteiger partial charge in [0.2, 0.25) is 0 Å². The molecule has 0 bridgehead atoms. The highest BCUT2D eigenvalue weighted by atomic mass is 79.9. The number of hydrogen-bond acceptors (Lipinski definition) is 5. The summed E-state index contributed by atoms with van der Waals surface area (Å²) in [6.45, 7) is 7.73. The first-order valence-corrected chi connectivity index (χ1v) is 11.9. The number of rotatable bonds is 6. The van der Waals surface area contributed by atoms with Crippen molar-refractivity contribution in [3.05, 3.63) is 62.6 Å². The number of thiophene rings is 1. The number of nitrogens with zero attached hydrogens (tertiary/aromatic N) is 2. The lowest BCUT2D eigenvalue weighted by molar-refractivity contribution is 0.0934. The number of piperidine rings is 1. The van der Waals surface area contributed by atoms with Gasteiger partial charge >= 0.3 is 0 Å². The minimum atomic E-state index is -0.102. The van der Waals surface area contributed by atoms with E-state index in [9.17, 15) is 4.79 Å². The molecule has 1 aliphatic rings. The van der Waals surface area contributed by atoms with Crippen LogP contribution >= 0.6 is 27.3 Å². The summed E-state index contributed by atoms with van der Waals surface area (Å²) in [5.41, 5.74) is 3.82. The van der Waals surface area contributed by atoms with Crippen LogP contribution in [0.3, 0.4) is 0 Å². The third-order valence-corrected chi connectivity index (χ3v) is 7.31. The van der Waals surface area contributed by atoms with Crippen molar-refractivity contribution in [2.75, 3.05) is 19.6 Å². The second-order valence-corrected chi connectivity index (χ2v) is 10.4. The number of nitrogens with one attached hydrogen (secondary N) is 1. The Kier molecular flexibility index (Phi) is 6.71. The fraction of sp³-hybridized carbons (Fsp3) is 0.391. The van der Waals surface area contributed by atoms with E-state index in [1.807, 2.05) is 12.1 Å². The molecule has 0 aliphatic carbocycles. The Labute approximate surface area is 189 Å². The molecule has 1 fully saturated rings. The number of hydrogen-bond donors (Lipinski definition) is 1. The molecule has 1 amide bonds. The molecule has 5 nitrogen and oxygen atoms in total. The Bertz CT molecular complexity index is 1000. The summed E-state index contributed by atoms with van der Waals surface area (Å²) in [5.74, 6) is 0.956. The molecular weight excluding hydrogens is 462 g/mol. The van der Waals surface area contributed by atoms with E-state index in [4.69, 9.17) is 4.52 Å². The number of carbonyl (C=O) groups is 1. The van der Waals surface area contributed by atoms with E-state index < -0.39 is 0 Å². The minimum absolute atomic E-state index is 0.102. The van der Waals surface area contributed by atoms with Gasteiger partial charge in [0.15, 0.2) is 0 Å². The summed E-state index contributed by atoms with van der Waals surface area (Å²) in [6, 6.07) is 12.7. The first-order valence-electron chi connectivity index (χ1n) is 10.3. The molecule has 0 unspecified atom stereocenters. The van der Waals surface area contributed by atoms with Crippen LogP contribution in [-0.4, -0.2) is 35.6 Å². The largest absolute Gasteiger partial charge is 0.360 e. The first kappa shape index (κ1) is 21.3. The van der Waals surface area contributed by atoms with Gasteiger partial charge in [0.1, 0.15) is 17.0 Å². The van der Waals surface area contributed by atoms with Crippen LogP contribution in [0.15, 0.2) is 44.7 Å². The SMILES string of the molecule is Cc1ccc(CN2CCC(CNC(=O)c3c(-c4ccc(Br)s4)noc3C)CC2)cc1. The molecule has 1 aliphatic heterocycles. The van der Waals surface area contributed by atoms with Crippen LogP contribution in [0.25, 0.3) is 10.6 Å². The molecule has 4 rings (SSSR count). The number of carbonyl (C=O) groups excluding carboxylic acids is 1. The summed E-state index contributed by atoms with van der Waals surface area (Å²) < 4.78 is 6.33. The zero-order valence-electron chi connectivity index (χ0n) is 17.3. The molecule has 3 heterocycles. The first-order chi connectivity index (χ1) is 14.5. The zero-order valence-corrected chi connectivity index (χ0v) is 19.7. The number of amides is 1. The van der Waals surface area contributed by atoms with Gasteiger partial charge in [0, 0.05) is 13.1 Å². The third kappa shape index (κ3) is 5.02. The van der Waals surface area contributed by atoms with E-state index >= 15 is 0 Å². The molecule has 1 N–H and O–H groups in total. The Morgan fingerprint density at radius 3 is 2.60 bits per heavy atom. The fourth-order valence-corrected chi connectivity index (χ4v) is 5.25. The van der Waals surface area contributed by atoms with Crippen molar-refractivity contribution >= 4 is 33.2 Å². The van der Waals surface area contributed by atoms with Crippen molar-refractivity contribution in [2.24, 2.45) is 5.92 Å². The van der Waals surface area contributed by atoms with Gasteiger partial charge in [-0.25, -0.2) is 0 Å². The second kappa shape index (κ2) is 9.45. The number of aromatic nitrogens is 1. The molecule has 30 heavy (non-hydrogen) atoms. The van der Waals surface area contributed by atoms with E-state index in [1.54, 1.807) is 18.3 Å². The monoisotopic (exact) mass is 487 g/mol. The number of benzene rings is 1. The minimum Gasteiger partial charge on any atom is -0.360 e. The normalized spacial score (nSPS) is 15.4. The van der Waals surface area contributed by atoms with Crippen molar-refractivity contribution in [3.63, 3.8) is 0 Å². The summed E-state index contributed by atoms with van der Waals surface area (Å²) in [5, 5.41) is 7.24. The highest BCUT2D eigenvalue weighted by molar-refractivity contribution is 9.11. The topological polar surface area (TPSA) is 58.4 Å². The molecule has 7 heteroatoms. The standard InChI is InChI=1S/C23H26BrN3O2S/c1-15-3-5-18(6-4-15)14-27-11-9-17(10-12-27)13-25-23(28)21-16(2)29-26-22(21)19-7-8-20(24)30-19/h3-8,17H,9-14H2,1-2H3,(H,25,28). The van der Waals surface area contributed by atoms with Crippen LogP contribution in [-0.2, 0) is 6.54 Å². The van der Waals surface area contributed by atoms with E-state index in [0.717, 1.165) is 41.1 Å². The molecule has 2 aromatic heterocycles. The van der Waals surface area contributed by atoms with E-state index in [0.29, 0.717) is 29.5 Å². The van der Waals surface area contributed by atoms with E-state index in [2.05, 4.69) is 62.5 Å². The molecule has 0 spiro atoms. The Balaban J connectivity index is 1.29. The predicted molar refractivity (Wildman–Crippen MR) is 124 cm³/mol. The lowest BCUT2D eigenvalue weighted by Gasteiger charge is -2.32. The van der Waals surface area contributed by atoms with Crippen molar-refractivity contribution in [1.29, 1.82) is 0 Å². The van der Waals surface area contributed by atoms with Crippen LogP contribution in [0.4, 0.5) is 0 Å². The second-order valence-electron chi connectivity index (χ2n) is 7.98. The lowest BCUT2D eigenvalue weighted by atomic mass is 9.96. The summed E-state index contributed by atoms with van der Waals surface area (Å²) in [7, 11) is 0. The van der Waals surface area contributed by atoms with Gasteiger partial charge in [-0.05, 0) is 79.3 Å². The van der Waals surface area contributed by atoms with Crippen LogP contribution in [0, 0.1) is 19.8 Å². The van der Waals surface area contributed by atoms with Gasteiger partial charge in [0.25, 0.3) is 5.91 Å². The quantitative estimate of drug-likeness (QED) is 0.503. The molecule has 0 radical (unpaired) electrons. The maximum atomic E-state index is 12.9. The van der Waals surface area contributed by atoms with Gasteiger partial charge < -0.3 is 9.84 Å². The van der Waals surface area contributed by atoms with Crippen LogP contribution in [0.2, 0.25) is 0 Å². The maximum Gasteiger partial charge on any atom is 0.257 e. The zero-order chi connectivity index (χ0) is 21.1. The highest BCUT2D eigenvalue weighted by Crippen LogP contribution is 2.33. The van der Waals surface area contributed by atoms with Crippen molar-refractivity contribution in [2.45, 2.75) is 33.2 Å². The van der Waals surface area contributed by atoms with Crippen molar-refractivity contribution < 1.29 is 9.32 Å². The molecule has 158 valence electrons. The van der Waals surface area contributed by atoms with Gasteiger partial charge in [-0.1, -0.05) is 35.0 Å². The average molecular weight is 488 g/mol. The number of halogens is 1. The number of aryl methyl sites for hydroxylation is 2. The van der Waals surface area contributed by atoms with Crippen molar-refractivity contribution in [3.8, 4) is 10.6 Å². The van der Waals surface area contributed by atoms with Gasteiger partial charge in [-0.2, -0.15) is 0 Å². The van der Waals surface area contributed by atoms with Crippen molar-refractivity contribution in [1.82, 2.24) is 15.4 Å². The summed E-state index contributed by atoms with van der Waals surface area (Å²) in [6.07, 6.45) is 2.19.